The van der Waals surface area contributed by atoms with Gasteiger partial charge in [0.25, 0.3) is 0 Å². The number of guanidine groups is 1. The van der Waals surface area contributed by atoms with Gasteiger partial charge in [-0.25, -0.2) is 4.99 Å². The summed E-state index contributed by atoms with van der Waals surface area (Å²) >= 11 is 0. The lowest BCUT2D eigenvalue weighted by Gasteiger charge is -2.20. The maximum absolute atomic E-state index is 10.4. The second-order valence-corrected chi connectivity index (χ2v) is 4.79. The number of aryl methyl sites for hydroxylation is 1. The molecule has 0 radical (unpaired) electrons. The van der Waals surface area contributed by atoms with Crippen LogP contribution in [-0.4, -0.2) is 54.2 Å². The minimum atomic E-state index is -1.04. The van der Waals surface area contributed by atoms with Crippen LogP contribution in [0, 0.1) is 0 Å². The van der Waals surface area contributed by atoms with Gasteiger partial charge in [0.15, 0.2) is 5.96 Å². The molecule has 0 aliphatic carbocycles. The number of aromatic nitrogens is 2. The third-order valence-electron chi connectivity index (χ3n) is 2.81. The highest BCUT2D eigenvalue weighted by Gasteiger charge is 2.24. The fourth-order valence-electron chi connectivity index (χ4n) is 1.64. The van der Waals surface area contributed by atoms with E-state index in [-0.39, 0.29) is 30.5 Å². The van der Waals surface area contributed by atoms with Crippen molar-refractivity contribution < 1.29 is 9.84 Å². The van der Waals surface area contributed by atoms with Crippen LogP contribution in [0.1, 0.15) is 19.4 Å². The Morgan fingerprint density at radius 1 is 1.52 bits per heavy atom. The minimum absolute atomic E-state index is 0. The zero-order valence-corrected chi connectivity index (χ0v) is 15.4. The SMILES string of the molecule is CCNC(=NCC(C)(O)c1cnn(C)c1)NCCOC.I. The lowest BCUT2D eigenvalue weighted by Crippen LogP contribution is -2.40. The Kier molecular flexibility index (Phi) is 9.54. The van der Waals surface area contributed by atoms with Crippen molar-refractivity contribution in [2.45, 2.75) is 19.4 Å². The van der Waals surface area contributed by atoms with E-state index in [0.29, 0.717) is 19.1 Å². The van der Waals surface area contributed by atoms with Crippen LogP contribution in [-0.2, 0) is 17.4 Å². The van der Waals surface area contributed by atoms with Crippen molar-refractivity contribution in [2.24, 2.45) is 12.0 Å². The predicted octanol–water partition coefficient (Wildman–Crippen LogP) is 0.447. The quantitative estimate of drug-likeness (QED) is 0.263. The molecule has 1 heterocycles. The Morgan fingerprint density at radius 3 is 2.76 bits per heavy atom. The molecule has 0 amide bonds. The Balaban J connectivity index is 0.00000400. The molecule has 7 nitrogen and oxygen atoms in total. The molecule has 1 aromatic rings. The lowest BCUT2D eigenvalue weighted by atomic mass is 10.0. The molecule has 1 atom stereocenters. The molecule has 0 fully saturated rings. The summed E-state index contributed by atoms with van der Waals surface area (Å²) in [7, 11) is 3.47. The Hall–Kier alpha value is -0.870. The largest absolute Gasteiger partial charge is 0.383 e. The van der Waals surface area contributed by atoms with Crippen LogP contribution in [0.25, 0.3) is 0 Å². The third-order valence-corrected chi connectivity index (χ3v) is 2.81. The summed E-state index contributed by atoms with van der Waals surface area (Å²) in [6.45, 7) is 5.99. The first-order valence-corrected chi connectivity index (χ1v) is 6.72. The van der Waals surface area contributed by atoms with Gasteiger partial charge in [0, 0.05) is 39.0 Å². The van der Waals surface area contributed by atoms with E-state index in [2.05, 4.69) is 20.7 Å². The Morgan fingerprint density at radius 2 is 2.24 bits per heavy atom. The highest BCUT2D eigenvalue weighted by molar-refractivity contribution is 14.0. The zero-order valence-electron chi connectivity index (χ0n) is 13.1. The maximum atomic E-state index is 10.4. The van der Waals surface area contributed by atoms with Crippen LogP contribution >= 0.6 is 24.0 Å². The Bertz CT molecular complexity index is 434. The lowest BCUT2D eigenvalue weighted by molar-refractivity contribution is 0.0671. The van der Waals surface area contributed by atoms with Gasteiger partial charge < -0.3 is 20.5 Å². The van der Waals surface area contributed by atoms with Gasteiger partial charge in [0.1, 0.15) is 5.60 Å². The summed E-state index contributed by atoms with van der Waals surface area (Å²) in [5, 5.41) is 20.8. The number of rotatable bonds is 7. The fraction of sp³-hybridized carbons (Fsp3) is 0.692. The zero-order chi connectivity index (χ0) is 15.0. The molecule has 1 unspecified atom stereocenters. The average Bonchev–Trinajstić information content (AvgIpc) is 2.84. The van der Waals surface area contributed by atoms with E-state index >= 15 is 0 Å². The van der Waals surface area contributed by atoms with E-state index in [4.69, 9.17) is 4.74 Å². The van der Waals surface area contributed by atoms with Crippen LogP contribution in [0.2, 0.25) is 0 Å². The number of nitrogens with zero attached hydrogens (tertiary/aromatic N) is 3. The van der Waals surface area contributed by atoms with Crippen LogP contribution in [0.15, 0.2) is 17.4 Å². The standard InChI is InChI=1S/C13H25N5O2.HI/c1-5-14-12(15-6-7-20-4)16-10-13(2,19)11-8-17-18(3)9-11;/h8-9,19H,5-7,10H2,1-4H3,(H2,14,15,16);1H. The predicted molar refractivity (Wildman–Crippen MR) is 94.1 cm³/mol. The normalized spacial score (nSPS) is 14.2. The molecule has 122 valence electrons. The number of aliphatic hydroxyl groups is 1. The van der Waals surface area contributed by atoms with Crippen LogP contribution < -0.4 is 10.6 Å². The highest BCUT2D eigenvalue weighted by Crippen LogP contribution is 2.19. The van der Waals surface area contributed by atoms with Crippen LogP contribution in [0.4, 0.5) is 0 Å². The van der Waals surface area contributed by atoms with Crippen molar-refractivity contribution in [3.8, 4) is 0 Å². The van der Waals surface area contributed by atoms with Gasteiger partial charge in [-0.05, 0) is 13.8 Å². The first-order chi connectivity index (χ1) is 9.49. The van der Waals surface area contributed by atoms with Gasteiger partial charge in [-0.3, -0.25) is 4.68 Å². The molecular formula is C13H26IN5O2. The summed E-state index contributed by atoms with van der Waals surface area (Å²) in [6, 6.07) is 0. The van der Waals surface area contributed by atoms with Gasteiger partial charge in [0.2, 0.25) is 0 Å². The van der Waals surface area contributed by atoms with E-state index in [9.17, 15) is 5.11 Å². The summed E-state index contributed by atoms with van der Waals surface area (Å²) in [4.78, 5) is 4.39. The van der Waals surface area contributed by atoms with Crippen molar-refractivity contribution in [3.63, 3.8) is 0 Å². The molecule has 1 aromatic heterocycles. The van der Waals surface area contributed by atoms with Crippen molar-refractivity contribution >= 4 is 29.9 Å². The molecule has 0 saturated heterocycles. The third kappa shape index (κ3) is 7.09. The van der Waals surface area contributed by atoms with Gasteiger partial charge in [-0.1, -0.05) is 0 Å². The molecule has 3 N–H and O–H groups in total. The van der Waals surface area contributed by atoms with E-state index in [0.717, 1.165) is 12.1 Å². The van der Waals surface area contributed by atoms with Crippen molar-refractivity contribution in [2.75, 3.05) is 33.4 Å². The van der Waals surface area contributed by atoms with Crippen molar-refractivity contribution in [1.82, 2.24) is 20.4 Å². The number of halogens is 1. The number of hydrogen-bond donors (Lipinski definition) is 3. The van der Waals surface area contributed by atoms with Gasteiger partial charge in [0.05, 0.1) is 19.3 Å². The van der Waals surface area contributed by atoms with Gasteiger partial charge in [-0.15, -0.1) is 24.0 Å². The fourth-order valence-corrected chi connectivity index (χ4v) is 1.64. The second kappa shape index (κ2) is 9.96. The van der Waals surface area contributed by atoms with Gasteiger partial charge >= 0.3 is 0 Å². The molecular weight excluding hydrogens is 385 g/mol. The smallest absolute Gasteiger partial charge is 0.191 e. The minimum Gasteiger partial charge on any atom is -0.383 e. The average molecular weight is 411 g/mol. The molecule has 0 aromatic carbocycles. The molecule has 1 rings (SSSR count). The topological polar surface area (TPSA) is 83.7 Å². The first kappa shape index (κ1) is 20.1. The monoisotopic (exact) mass is 411 g/mol. The molecule has 0 aliphatic heterocycles. The summed E-state index contributed by atoms with van der Waals surface area (Å²) in [6.07, 6.45) is 3.45. The van der Waals surface area contributed by atoms with E-state index in [1.54, 1.807) is 31.1 Å². The summed E-state index contributed by atoms with van der Waals surface area (Å²) in [5.41, 5.74) is -0.297. The first-order valence-electron chi connectivity index (χ1n) is 6.72. The second-order valence-electron chi connectivity index (χ2n) is 4.79. The number of ether oxygens (including phenoxy) is 1. The van der Waals surface area contributed by atoms with E-state index < -0.39 is 5.60 Å². The summed E-state index contributed by atoms with van der Waals surface area (Å²) in [5.74, 6) is 0.661. The number of nitrogens with one attached hydrogen (secondary N) is 2. The molecule has 0 spiro atoms. The Labute approximate surface area is 143 Å². The number of aliphatic imine (C=N–C) groups is 1. The number of methoxy groups -OCH3 is 1. The molecule has 0 saturated carbocycles. The highest BCUT2D eigenvalue weighted by atomic mass is 127. The molecule has 0 aliphatic rings. The van der Waals surface area contributed by atoms with E-state index in [1.165, 1.54) is 0 Å². The van der Waals surface area contributed by atoms with Crippen molar-refractivity contribution in [3.05, 3.63) is 18.0 Å². The molecule has 8 heteroatoms. The van der Waals surface area contributed by atoms with E-state index in [1.807, 2.05) is 14.0 Å². The number of hydrogen-bond acceptors (Lipinski definition) is 4. The molecule has 0 bridgehead atoms. The van der Waals surface area contributed by atoms with Crippen LogP contribution in [0.5, 0.6) is 0 Å². The van der Waals surface area contributed by atoms with Gasteiger partial charge in [-0.2, -0.15) is 5.10 Å². The van der Waals surface area contributed by atoms with Crippen molar-refractivity contribution in [1.29, 1.82) is 0 Å². The molecule has 21 heavy (non-hydrogen) atoms. The van der Waals surface area contributed by atoms with Crippen LogP contribution in [0.3, 0.4) is 0 Å². The maximum Gasteiger partial charge on any atom is 0.191 e. The summed E-state index contributed by atoms with van der Waals surface area (Å²) < 4.78 is 6.64.